The molecule has 1 heteroatoms. The Morgan fingerprint density at radius 2 is 1.40 bits per heavy atom. The van der Waals surface area contributed by atoms with Crippen LogP contribution >= 0.6 is 0 Å². The fourth-order valence-corrected chi connectivity index (χ4v) is 2.02. The zero-order valence-corrected chi connectivity index (χ0v) is 10.7. The minimum absolute atomic E-state index is 0.686. The molecular weight excluding hydrogens is 182 g/mol. The number of aryl methyl sites for hydroxylation is 1. The van der Waals surface area contributed by atoms with E-state index in [0.717, 1.165) is 6.54 Å². The van der Waals surface area contributed by atoms with Crippen LogP contribution in [-0.2, 0) is 6.54 Å². The molecular formula is C14H24N+. The lowest BCUT2D eigenvalue weighted by atomic mass is 10.1. The first-order chi connectivity index (χ1) is 7.00. The van der Waals surface area contributed by atoms with E-state index in [0.29, 0.717) is 12.1 Å². The van der Waals surface area contributed by atoms with Gasteiger partial charge in [-0.25, -0.2) is 0 Å². The quantitative estimate of drug-likeness (QED) is 0.770. The third-order valence-corrected chi connectivity index (χ3v) is 3.01. The van der Waals surface area contributed by atoms with Crippen LogP contribution in [0.3, 0.4) is 0 Å². The Balaban J connectivity index is 2.70. The largest absolute Gasteiger partial charge is 0.327 e. The lowest BCUT2D eigenvalue weighted by Crippen LogP contribution is -3.16. The topological polar surface area (TPSA) is 4.44 Å². The molecule has 1 rings (SSSR count). The fraction of sp³-hybridized carbons (Fsp3) is 0.571. The van der Waals surface area contributed by atoms with Gasteiger partial charge >= 0.3 is 0 Å². The summed E-state index contributed by atoms with van der Waals surface area (Å²) in [6.45, 7) is 12.5. The van der Waals surface area contributed by atoms with Crippen LogP contribution in [0.5, 0.6) is 0 Å². The van der Waals surface area contributed by atoms with E-state index >= 15 is 0 Å². The summed E-state index contributed by atoms with van der Waals surface area (Å²) in [5, 5.41) is 0. The summed E-state index contributed by atoms with van der Waals surface area (Å²) < 4.78 is 0. The van der Waals surface area contributed by atoms with Gasteiger partial charge in [-0.1, -0.05) is 29.8 Å². The van der Waals surface area contributed by atoms with Crippen molar-refractivity contribution in [3.05, 3.63) is 35.4 Å². The Morgan fingerprint density at radius 3 is 1.80 bits per heavy atom. The molecule has 1 nitrogen and oxygen atoms in total. The molecule has 0 heterocycles. The van der Waals surface area contributed by atoms with E-state index in [1.54, 1.807) is 4.90 Å². The van der Waals surface area contributed by atoms with Crippen molar-refractivity contribution in [2.75, 3.05) is 0 Å². The normalized spacial score (nSPS) is 11.7. The Kier molecular flexibility index (Phi) is 4.34. The molecule has 1 N–H and O–H groups in total. The third kappa shape index (κ3) is 3.67. The molecule has 1 aromatic rings. The predicted octanol–water partition coefficient (Wildman–Crippen LogP) is 2.20. The van der Waals surface area contributed by atoms with Crippen molar-refractivity contribution in [2.24, 2.45) is 0 Å². The SMILES string of the molecule is Cc1ccc(C[NH+](C(C)C)C(C)C)cc1. The van der Waals surface area contributed by atoms with Crippen molar-refractivity contribution in [3.63, 3.8) is 0 Å². The first kappa shape index (κ1) is 12.3. The summed E-state index contributed by atoms with van der Waals surface area (Å²) in [5.41, 5.74) is 2.78. The van der Waals surface area contributed by atoms with Crippen LogP contribution in [0.2, 0.25) is 0 Å². The fourth-order valence-electron chi connectivity index (χ4n) is 2.02. The number of rotatable bonds is 4. The van der Waals surface area contributed by atoms with Gasteiger partial charge in [0, 0.05) is 5.56 Å². The van der Waals surface area contributed by atoms with Crippen LogP contribution in [0.15, 0.2) is 24.3 Å². The van der Waals surface area contributed by atoms with Gasteiger partial charge in [-0.2, -0.15) is 0 Å². The predicted molar refractivity (Wildman–Crippen MR) is 66.1 cm³/mol. The molecule has 0 unspecified atom stereocenters. The Morgan fingerprint density at radius 1 is 0.933 bits per heavy atom. The van der Waals surface area contributed by atoms with Gasteiger partial charge in [-0.05, 0) is 34.6 Å². The number of benzene rings is 1. The molecule has 0 atom stereocenters. The standard InChI is InChI=1S/C14H23N/c1-11(2)15(12(3)4)10-14-8-6-13(5)7-9-14/h6-9,11-12H,10H2,1-5H3/p+1. The molecule has 0 amide bonds. The molecule has 0 aliphatic rings. The maximum absolute atomic E-state index is 2.30. The highest BCUT2D eigenvalue weighted by atomic mass is 15.2. The van der Waals surface area contributed by atoms with Gasteiger partial charge in [0.25, 0.3) is 0 Å². The zero-order chi connectivity index (χ0) is 11.4. The molecule has 0 aliphatic heterocycles. The highest BCUT2D eigenvalue weighted by Gasteiger charge is 2.16. The number of nitrogens with one attached hydrogen (secondary N) is 1. The minimum atomic E-state index is 0.686. The third-order valence-electron chi connectivity index (χ3n) is 3.01. The molecule has 0 spiro atoms. The van der Waals surface area contributed by atoms with Crippen molar-refractivity contribution in [1.82, 2.24) is 0 Å². The van der Waals surface area contributed by atoms with Gasteiger partial charge in [-0.3, -0.25) is 0 Å². The monoisotopic (exact) mass is 206 g/mol. The van der Waals surface area contributed by atoms with Crippen molar-refractivity contribution in [1.29, 1.82) is 0 Å². The molecule has 0 bridgehead atoms. The van der Waals surface area contributed by atoms with Crippen LogP contribution in [0.1, 0.15) is 38.8 Å². The lowest BCUT2D eigenvalue weighted by molar-refractivity contribution is -0.955. The van der Waals surface area contributed by atoms with Gasteiger partial charge < -0.3 is 4.90 Å². The molecule has 1 aromatic carbocycles. The van der Waals surface area contributed by atoms with Gasteiger partial charge in [0.1, 0.15) is 6.54 Å². The molecule has 0 saturated carbocycles. The van der Waals surface area contributed by atoms with Crippen LogP contribution in [-0.4, -0.2) is 12.1 Å². The Labute approximate surface area is 94.1 Å². The van der Waals surface area contributed by atoms with Crippen LogP contribution in [0.4, 0.5) is 0 Å². The zero-order valence-electron chi connectivity index (χ0n) is 10.7. The van der Waals surface area contributed by atoms with E-state index in [1.165, 1.54) is 11.1 Å². The summed E-state index contributed by atoms with van der Waals surface area (Å²) in [6.07, 6.45) is 0. The number of hydrogen-bond acceptors (Lipinski definition) is 0. The second kappa shape index (κ2) is 5.32. The summed E-state index contributed by atoms with van der Waals surface area (Å²) in [7, 11) is 0. The number of hydrogen-bond donors (Lipinski definition) is 1. The first-order valence-electron chi connectivity index (χ1n) is 5.92. The van der Waals surface area contributed by atoms with Crippen LogP contribution in [0.25, 0.3) is 0 Å². The molecule has 0 radical (unpaired) electrons. The lowest BCUT2D eigenvalue weighted by Gasteiger charge is -2.27. The summed E-state index contributed by atoms with van der Waals surface area (Å²) in [6, 6.07) is 10.3. The molecule has 0 aliphatic carbocycles. The van der Waals surface area contributed by atoms with Crippen molar-refractivity contribution in [2.45, 2.75) is 53.2 Å². The molecule has 15 heavy (non-hydrogen) atoms. The average molecular weight is 206 g/mol. The van der Waals surface area contributed by atoms with E-state index in [-0.39, 0.29) is 0 Å². The van der Waals surface area contributed by atoms with Crippen molar-refractivity contribution in [3.8, 4) is 0 Å². The summed E-state index contributed by atoms with van der Waals surface area (Å²) >= 11 is 0. The molecule has 0 saturated heterocycles. The maximum atomic E-state index is 2.30. The van der Waals surface area contributed by atoms with Gasteiger partial charge in [-0.15, -0.1) is 0 Å². The second-order valence-corrected chi connectivity index (χ2v) is 5.05. The van der Waals surface area contributed by atoms with E-state index in [4.69, 9.17) is 0 Å². The van der Waals surface area contributed by atoms with Gasteiger partial charge in [0.2, 0.25) is 0 Å². The highest BCUT2D eigenvalue weighted by molar-refractivity contribution is 5.20. The van der Waals surface area contributed by atoms with Crippen molar-refractivity contribution < 1.29 is 4.90 Å². The van der Waals surface area contributed by atoms with E-state index < -0.39 is 0 Å². The molecule has 0 fully saturated rings. The van der Waals surface area contributed by atoms with Crippen LogP contribution < -0.4 is 4.90 Å². The van der Waals surface area contributed by atoms with E-state index in [2.05, 4.69) is 58.9 Å². The summed E-state index contributed by atoms with van der Waals surface area (Å²) in [4.78, 5) is 1.65. The molecule has 0 aromatic heterocycles. The van der Waals surface area contributed by atoms with Gasteiger partial charge in [0.15, 0.2) is 0 Å². The molecule has 84 valence electrons. The average Bonchev–Trinajstić information content (AvgIpc) is 2.15. The summed E-state index contributed by atoms with van der Waals surface area (Å²) in [5.74, 6) is 0. The maximum Gasteiger partial charge on any atom is 0.103 e. The van der Waals surface area contributed by atoms with Crippen LogP contribution in [0, 0.1) is 6.92 Å². The Hall–Kier alpha value is -0.820. The first-order valence-corrected chi connectivity index (χ1v) is 5.92. The number of quaternary nitrogens is 1. The second-order valence-electron chi connectivity index (χ2n) is 5.05. The smallest absolute Gasteiger partial charge is 0.103 e. The van der Waals surface area contributed by atoms with E-state index in [1.807, 2.05) is 0 Å². The minimum Gasteiger partial charge on any atom is -0.327 e. The van der Waals surface area contributed by atoms with E-state index in [9.17, 15) is 0 Å². The van der Waals surface area contributed by atoms with Crippen molar-refractivity contribution >= 4 is 0 Å². The highest BCUT2D eigenvalue weighted by Crippen LogP contribution is 2.01. The van der Waals surface area contributed by atoms with Gasteiger partial charge in [0.05, 0.1) is 12.1 Å². The Bertz CT molecular complexity index is 277.